The third kappa shape index (κ3) is 4.33. The monoisotopic (exact) mass is 449 g/mol. The van der Waals surface area contributed by atoms with E-state index in [0.29, 0.717) is 29.1 Å². The number of aromatic amines is 1. The molecule has 0 fully saturated rings. The van der Waals surface area contributed by atoms with E-state index in [9.17, 15) is 15.0 Å². The van der Waals surface area contributed by atoms with Crippen molar-refractivity contribution in [3.8, 4) is 22.8 Å². The van der Waals surface area contributed by atoms with Crippen molar-refractivity contribution in [1.29, 1.82) is 0 Å². The van der Waals surface area contributed by atoms with Crippen LogP contribution < -0.4 is 4.74 Å². The van der Waals surface area contributed by atoms with Gasteiger partial charge in [-0.2, -0.15) is 5.10 Å². The number of hydrogen-bond acceptors (Lipinski definition) is 5. The second-order valence-electron chi connectivity index (χ2n) is 8.59. The van der Waals surface area contributed by atoms with Crippen LogP contribution >= 0.6 is 0 Å². The van der Waals surface area contributed by atoms with Gasteiger partial charge in [0.2, 0.25) is 0 Å². The Hall–Kier alpha value is -3.32. The Kier molecular flexibility index (Phi) is 6.70. The van der Waals surface area contributed by atoms with Gasteiger partial charge in [0.15, 0.2) is 0 Å². The normalized spacial score (nSPS) is 15.2. The van der Waals surface area contributed by atoms with Crippen molar-refractivity contribution in [2.24, 2.45) is 0 Å². The van der Waals surface area contributed by atoms with Gasteiger partial charge in [-0.3, -0.25) is 9.89 Å². The van der Waals surface area contributed by atoms with Crippen molar-refractivity contribution in [2.75, 3.05) is 19.8 Å². The maximum Gasteiger partial charge on any atom is 0.273 e. The number of β-amino-alcohol motifs (C(OH)–C–C–N with tert-alkyl or cyclic N) is 1. The zero-order valence-electron chi connectivity index (χ0n) is 19.4. The molecule has 1 aromatic heterocycles. The number of carbonyl (C=O) groups is 1. The predicted octanol–water partition coefficient (Wildman–Crippen LogP) is 4.51. The van der Waals surface area contributed by atoms with Crippen molar-refractivity contribution in [3.05, 3.63) is 64.3 Å². The molecule has 2 heterocycles. The summed E-state index contributed by atoms with van der Waals surface area (Å²) in [6.45, 7) is 6.72. The number of nitrogens with zero attached hydrogens (tertiary/aromatic N) is 2. The Morgan fingerprint density at radius 1 is 1.15 bits per heavy atom. The van der Waals surface area contributed by atoms with E-state index in [0.717, 1.165) is 41.7 Å². The number of carbonyl (C=O) groups excluding carboxylic acids is 1. The van der Waals surface area contributed by atoms with Gasteiger partial charge in [-0.15, -0.1) is 0 Å². The molecule has 0 saturated carbocycles. The lowest BCUT2D eigenvalue weighted by atomic mass is 9.93. The maximum atomic E-state index is 13.2. The van der Waals surface area contributed by atoms with Gasteiger partial charge in [0.1, 0.15) is 22.9 Å². The number of aromatic nitrogens is 2. The van der Waals surface area contributed by atoms with E-state index in [1.54, 1.807) is 11.0 Å². The van der Waals surface area contributed by atoms with Crippen molar-refractivity contribution in [2.45, 2.75) is 46.1 Å². The standard InChI is InChI=1S/C26H31N3O4/c1-4-5-6-13-33-19-9-7-18(8-10-19)25-22-23(21-17(3)14-16(2)15-20(21)31)27-28-24(22)26(32)29(25)11-12-30/h7-10,14-15,25,30-31H,4-6,11-13H2,1-3H3,(H,27,28). The van der Waals surface area contributed by atoms with Crippen LogP contribution in [0.3, 0.4) is 0 Å². The van der Waals surface area contributed by atoms with Crippen LogP contribution in [0.1, 0.15) is 65.0 Å². The average molecular weight is 450 g/mol. The van der Waals surface area contributed by atoms with Gasteiger partial charge in [0.25, 0.3) is 5.91 Å². The van der Waals surface area contributed by atoms with Crippen LogP contribution in [0.15, 0.2) is 36.4 Å². The van der Waals surface area contributed by atoms with Crippen LogP contribution in [-0.4, -0.2) is 51.0 Å². The van der Waals surface area contributed by atoms with E-state index < -0.39 is 6.04 Å². The van der Waals surface area contributed by atoms with E-state index in [-0.39, 0.29) is 24.8 Å². The van der Waals surface area contributed by atoms with E-state index in [1.807, 2.05) is 44.2 Å². The molecule has 7 nitrogen and oxygen atoms in total. The van der Waals surface area contributed by atoms with Gasteiger partial charge in [-0.25, -0.2) is 0 Å². The quantitative estimate of drug-likeness (QED) is 0.418. The van der Waals surface area contributed by atoms with Gasteiger partial charge >= 0.3 is 0 Å². The average Bonchev–Trinajstić information content (AvgIpc) is 3.31. The molecule has 1 aliphatic rings. The van der Waals surface area contributed by atoms with Crippen LogP contribution in [0.4, 0.5) is 0 Å². The number of unbranched alkanes of at least 4 members (excludes halogenated alkanes) is 2. The number of nitrogens with one attached hydrogen (secondary N) is 1. The first-order valence-corrected chi connectivity index (χ1v) is 11.5. The number of fused-ring (bicyclic) bond motifs is 1. The first-order chi connectivity index (χ1) is 16.0. The van der Waals surface area contributed by atoms with Crippen LogP contribution in [0, 0.1) is 13.8 Å². The fraction of sp³-hybridized carbons (Fsp3) is 0.385. The Balaban J connectivity index is 1.74. The zero-order chi connectivity index (χ0) is 23.5. The highest BCUT2D eigenvalue weighted by atomic mass is 16.5. The molecule has 174 valence electrons. The second-order valence-corrected chi connectivity index (χ2v) is 8.59. The molecule has 2 aromatic carbocycles. The molecule has 4 rings (SSSR count). The summed E-state index contributed by atoms with van der Waals surface area (Å²) in [4.78, 5) is 14.8. The smallest absolute Gasteiger partial charge is 0.273 e. The number of hydrogen-bond donors (Lipinski definition) is 3. The second kappa shape index (κ2) is 9.67. The lowest BCUT2D eigenvalue weighted by Gasteiger charge is -2.26. The molecule has 3 N–H and O–H groups in total. The van der Waals surface area contributed by atoms with Crippen molar-refractivity contribution < 1.29 is 19.7 Å². The molecule has 0 radical (unpaired) electrons. The van der Waals surface area contributed by atoms with Crippen LogP contribution in [0.25, 0.3) is 11.3 Å². The number of H-pyrrole nitrogens is 1. The summed E-state index contributed by atoms with van der Waals surface area (Å²) in [6.07, 6.45) is 3.29. The van der Waals surface area contributed by atoms with E-state index in [1.165, 1.54) is 0 Å². The van der Waals surface area contributed by atoms with Crippen LogP contribution in [-0.2, 0) is 0 Å². The lowest BCUT2D eigenvalue weighted by Crippen LogP contribution is -2.32. The van der Waals surface area contributed by atoms with E-state index in [4.69, 9.17) is 4.74 Å². The van der Waals surface area contributed by atoms with Crippen LogP contribution in [0.5, 0.6) is 11.5 Å². The number of aliphatic hydroxyl groups excluding tert-OH is 1. The number of amides is 1. The topological polar surface area (TPSA) is 98.7 Å². The minimum Gasteiger partial charge on any atom is -0.507 e. The molecule has 1 aliphatic heterocycles. The number of aromatic hydroxyl groups is 1. The molecular weight excluding hydrogens is 418 g/mol. The number of ether oxygens (including phenoxy) is 1. The SMILES string of the molecule is CCCCCOc1ccc(C2c3c(-c4c(C)cc(C)cc4O)n[nH]c3C(=O)N2CCO)cc1. The molecule has 0 spiro atoms. The van der Waals surface area contributed by atoms with Gasteiger partial charge < -0.3 is 19.8 Å². The highest BCUT2D eigenvalue weighted by Crippen LogP contribution is 2.45. The lowest BCUT2D eigenvalue weighted by molar-refractivity contribution is 0.0706. The third-order valence-corrected chi connectivity index (χ3v) is 6.11. The summed E-state index contributed by atoms with van der Waals surface area (Å²) in [5.74, 6) is 0.698. The third-order valence-electron chi connectivity index (χ3n) is 6.11. The molecule has 0 bridgehead atoms. The summed E-state index contributed by atoms with van der Waals surface area (Å²) < 4.78 is 5.84. The van der Waals surface area contributed by atoms with E-state index >= 15 is 0 Å². The van der Waals surface area contributed by atoms with E-state index in [2.05, 4.69) is 17.1 Å². The maximum absolute atomic E-state index is 13.2. The van der Waals surface area contributed by atoms with Crippen molar-refractivity contribution in [3.63, 3.8) is 0 Å². The molecule has 1 amide bonds. The Bertz CT molecular complexity index is 1110. The van der Waals surface area contributed by atoms with Gasteiger partial charge in [0, 0.05) is 17.7 Å². The molecule has 0 aliphatic carbocycles. The van der Waals surface area contributed by atoms with Crippen LogP contribution in [0.2, 0.25) is 0 Å². The van der Waals surface area contributed by atoms with Crippen molar-refractivity contribution >= 4 is 5.91 Å². The summed E-state index contributed by atoms with van der Waals surface area (Å²) in [6, 6.07) is 11.0. The number of phenols is 1. The molecule has 1 unspecified atom stereocenters. The van der Waals surface area contributed by atoms with Gasteiger partial charge in [-0.1, -0.05) is 38.0 Å². The van der Waals surface area contributed by atoms with Gasteiger partial charge in [-0.05, 0) is 55.2 Å². The molecule has 0 saturated heterocycles. The summed E-state index contributed by atoms with van der Waals surface area (Å²) in [5.41, 5.74) is 4.99. The molecule has 33 heavy (non-hydrogen) atoms. The van der Waals surface area contributed by atoms with Gasteiger partial charge in [0.05, 0.1) is 19.3 Å². The number of benzene rings is 2. The minimum absolute atomic E-state index is 0.129. The Labute approximate surface area is 194 Å². The van der Waals surface area contributed by atoms with Crippen molar-refractivity contribution in [1.82, 2.24) is 15.1 Å². The minimum atomic E-state index is -0.428. The first-order valence-electron chi connectivity index (χ1n) is 11.5. The number of rotatable bonds is 9. The number of aryl methyl sites for hydroxylation is 2. The molecule has 3 aromatic rings. The summed E-state index contributed by atoms with van der Waals surface area (Å²) >= 11 is 0. The fourth-order valence-corrected chi connectivity index (χ4v) is 4.61. The number of phenolic OH excluding ortho intramolecular Hbond substituents is 1. The zero-order valence-corrected chi connectivity index (χ0v) is 19.4. The fourth-order valence-electron chi connectivity index (χ4n) is 4.61. The largest absolute Gasteiger partial charge is 0.507 e. The first kappa shape index (κ1) is 22.9. The summed E-state index contributed by atoms with van der Waals surface area (Å²) in [7, 11) is 0. The molecule has 7 heteroatoms. The predicted molar refractivity (Wildman–Crippen MR) is 127 cm³/mol. The Morgan fingerprint density at radius 2 is 1.91 bits per heavy atom. The Morgan fingerprint density at radius 3 is 2.58 bits per heavy atom. The highest BCUT2D eigenvalue weighted by molar-refractivity contribution is 6.00. The molecule has 1 atom stereocenters. The summed E-state index contributed by atoms with van der Waals surface area (Å²) in [5, 5.41) is 27.7. The highest BCUT2D eigenvalue weighted by Gasteiger charge is 2.42. The number of aliphatic hydroxyl groups is 1. The molecular formula is C26H31N3O4.